The van der Waals surface area contributed by atoms with Crippen LogP contribution in [-0.4, -0.2) is 23.5 Å². The Morgan fingerprint density at radius 2 is 1.94 bits per heavy atom. The normalized spacial score (nSPS) is 25.1. The number of hydrogen-bond acceptors (Lipinski definition) is 2. The van der Waals surface area contributed by atoms with Crippen LogP contribution in [0.5, 0.6) is 0 Å². The number of benzene rings is 1. The molecule has 0 aromatic heterocycles. The van der Waals surface area contributed by atoms with Gasteiger partial charge < -0.3 is 0 Å². The van der Waals surface area contributed by atoms with E-state index >= 15 is 0 Å². The second kappa shape index (κ2) is 4.91. The Kier molecular flexibility index (Phi) is 3.66. The summed E-state index contributed by atoms with van der Waals surface area (Å²) < 4.78 is 0. The number of nitriles is 1. The van der Waals surface area contributed by atoms with Crippen molar-refractivity contribution >= 4 is 11.6 Å². The number of likely N-dealkylation sites (tertiary alicyclic amines) is 1. The van der Waals surface area contributed by atoms with Crippen molar-refractivity contribution < 1.29 is 0 Å². The molecule has 1 aliphatic rings. The van der Waals surface area contributed by atoms with Crippen LogP contribution in [0.4, 0.5) is 0 Å². The van der Waals surface area contributed by atoms with Crippen molar-refractivity contribution in [2.75, 3.05) is 13.1 Å². The van der Waals surface area contributed by atoms with Crippen molar-refractivity contribution in [3.8, 4) is 6.07 Å². The lowest BCUT2D eigenvalue weighted by Crippen LogP contribution is -2.39. The van der Waals surface area contributed by atoms with Crippen LogP contribution >= 0.6 is 11.6 Å². The van der Waals surface area contributed by atoms with E-state index in [0.29, 0.717) is 0 Å². The molecule has 96 valence electrons. The van der Waals surface area contributed by atoms with Crippen molar-refractivity contribution in [3.63, 3.8) is 0 Å². The van der Waals surface area contributed by atoms with Gasteiger partial charge in [0.15, 0.2) is 0 Å². The lowest BCUT2D eigenvalue weighted by Gasteiger charge is -2.31. The standard InChI is InChI=1S/C15H19ClN2/c1-15(2,3)18-9-11(8-17)13(10-18)12-6-4-5-7-14(12)16/h4-7,11,13H,9-10H2,1-3H3/t11-,13-/m1/s1. The van der Waals surface area contributed by atoms with Crippen LogP contribution in [0.1, 0.15) is 32.3 Å². The summed E-state index contributed by atoms with van der Waals surface area (Å²) >= 11 is 6.26. The van der Waals surface area contributed by atoms with Gasteiger partial charge in [0.1, 0.15) is 0 Å². The highest BCUT2D eigenvalue weighted by molar-refractivity contribution is 6.31. The van der Waals surface area contributed by atoms with E-state index in [1.807, 2.05) is 24.3 Å². The highest BCUT2D eigenvalue weighted by Gasteiger charge is 2.39. The zero-order chi connectivity index (χ0) is 13.3. The van der Waals surface area contributed by atoms with Crippen molar-refractivity contribution in [1.82, 2.24) is 4.90 Å². The molecule has 0 unspecified atom stereocenters. The quantitative estimate of drug-likeness (QED) is 0.772. The van der Waals surface area contributed by atoms with Crippen molar-refractivity contribution in [2.24, 2.45) is 5.92 Å². The number of rotatable bonds is 1. The zero-order valence-corrected chi connectivity index (χ0v) is 11.9. The van der Waals surface area contributed by atoms with Crippen LogP contribution in [0.25, 0.3) is 0 Å². The van der Waals surface area contributed by atoms with E-state index in [2.05, 4.69) is 31.7 Å². The third-order valence-corrected chi connectivity index (χ3v) is 4.08. The summed E-state index contributed by atoms with van der Waals surface area (Å²) in [5.74, 6) is 0.257. The maximum absolute atomic E-state index is 9.35. The minimum atomic E-state index is 0.0316. The average Bonchev–Trinajstić information content (AvgIpc) is 2.73. The Morgan fingerprint density at radius 3 is 2.50 bits per heavy atom. The average molecular weight is 263 g/mol. The van der Waals surface area contributed by atoms with Gasteiger partial charge in [-0.25, -0.2) is 0 Å². The summed E-state index contributed by atoms with van der Waals surface area (Å²) in [7, 11) is 0. The largest absolute Gasteiger partial charge is 0.297 e. The Balaban J connectivity index is 2.29. The van der Waals surface area contributed by atoms with Crippen molar-refractivity contribution in [2.45, 2.75) is 32.2 Å². The highest BCUT2D eigenvalue weighted by Crippen LogP contribution is 2.38. The Bertz CT molecular complexity index is 470. The Morgan fingerprint density at radius 1 is 1.28 bits per heavy atom. The molecule has 3 heteroatoms. The molecule has 0 N–H and O–H groups in total. The van der Waals surface area contributed by atoms with Crippen LogP contribution in [0.2, 0.25) is 5.02 Å². The van der Waals surface area contributed by atoms with Gasteiger partial charge in [-0.05, 0) is 32.4 Å². The second-order valence-electron chi connectivity index (χ2n) is 5.94. The molecule has 1 aromatic rings. The molecule has 0 spiro atoms. The lowest BCUT2D eigenvalue weighted by atomic mass is 9.90. The van der Waals surface area contributed by atoms with Crippen LogP contribution in [0.15, 0.2) is 24.3 Å². The fourth-order valence-corrected chi connectivity index (χ4v) is 2.85. The van der Waals surface area contributed by atoms with E-state index in [0.717, 1.165) is 23.7 Å². The van der Waals surface area contributed by atoms with E-state index in [1.54, 1.807) is 0 Å². The molecule has 1 saturated heterocycles. The van der Waals surface area contributed by atoms with E-state index in [4.69, 9.17) is 11.6 Å². The minimum Gasteiger partial charge on any atom is -0.297 e. The van der Waals surface area contributed by atoms with E-state index in [-0.39, 0.29) is 17.4 Å². The molecule has 2 rings (SSSR count). The van der Waals surface area contributed by atoms with E-state index in [9.17, 15) is 5.26 Å². The minimum absolute atomic E-state index is 0.0316. The monoisotopic (exact) mass is 262 g/mol. The molecule has 1 heterocycles. The predicted molar refractivity (Wildman–Crippen MR) is 74.6 cm³/mol. The smallest absolute Gasteiger partial charge is 0.0676 e. The fraction of sp³-hybridized carbons (Fsp3) is 0.533. The molecule has 0 radical (unpaired) electrons. The molecule has 0 aliphatic carbocycles. The maximum Gasteiger partial charge on any atom is 0.0676 e. The van der Waals surface area contributed by atoms with Gasteiger partial charge in [-0.3, -0.25) is 4.90 Å². The van der Waals surface area contributed by atoms with Crippen LogP contribution in [-0.2, 0) is 0 Å². The Hall–Kier alpha value is -1.04. The molecule has 2 nitrogen and oxygen atoms in total. The molecular weight excluding hydrogens is 244 g/mol. The fourth-order valence-electron chi connectivity index (χ4n) is 2.57. The third-order valence-electron chi connectivity index (χ3n) is 3.74. The van der Waals surface area contributed by atoms with E-state index in [1.165, 1.54) is 0 Å². The number of hydrogen-bond donors (Lipinski definition) is 0. The predicted octanol–water partition coefficient (Wildman–Crippen LogP) is 3.68. The summed E-state index contributed by atoms with van der Waals surface area (Å²) in [5, 5.41) is 10.1. The SMILES string of the molecule is CC(C)(C)N1C[C@@H](C#N)[C@H](c2ccccc2Cl)C1. The number of halogens is 1. The van der Waals surface area contributed by atoms with Gasteiger partial charge in [-0.15, -0.1) is 0 Å². The molecular formula is C15H19ClN2. The summed E-state index contributed by atoms with van der Waals surface area (Å²) in [5.41, 5.74) is 1.21. The van der Waals surface area contributed by atoms with Crippen LogP contribution < -0.4 is 0 Å². The maximum atomic E-state index is 9.35. The van der Waals surface area contributed by atoms with Gasteiger partial charge in [0.05, 0.1) is 12.0 Å². The molecule has 2 atom stereocenters. The van der Waals surface area contributed by atoms with Gasteiger partial charge in [-0.2, -0.15) is 5.26 Å². The molecule has 18 heavy (non-hydrogen) atoms. The highest BCUT2D eigenvalue weighted by atomic mass is 35.5. The molecule has 0 amide bonds. The zero-order valence-electron chi connectivity index (χ0n) is 11.2. The first-order valence-corrected chi connectivity index (χ1v) is 6.70. The summed E-state index contributed by atoms with van der Waals surface area (Å²) in [4.78, 5) is 2.37. The van der Waals surface area contributed by atoms with Gasteiger partial charge >= 0.3 is 0 Å². The second-order valence-corrected chi connectivity index (χ2v) is 6.35. The first-order chi connectivity index (χ1) is 8.43. The summed E-state index contributed by atoms with van der Waals surface area (Å²) in [6.45, 7) is 8.31. The number of nitrogens with zero attached hydrogens (tertiary/aromatic N) is 2. The summed E-state index contributed by atoms with van der Waals surface area (Å²) in [6, 6.07) is 10.3. The van der Waals surface area contributed by atoms with Crippen molar-refractivity contribution in [1.29, 1.82) is 5.26 Å². The summed E-state index contributed by atoms with van der Waals surface area (Å²) in [6.07, 6.45) is 0. The lowest BCUT2D eigenvalue weighted by molar-refractivity contribution is 0.170. The van der Waals surface area contributed by atoms with Gasteiger partial charge in [0.2, 0.25) is 0 Å². The topological polar surface area (TPSA) is 27.0 Å². The van der Waals surface area contributed by atoms with Gasteiger partial charge in [0.25, 0.3) is 0 Å². The van der Waals surface area contributed by atoms with E-state index < -0.39 is 0 Å². The third kappa shape index (κ3) is 2.53. The van der Waals surface area contributed by atoms with Crippen LogP contribution in [0.3, 0.4) is 0 Å². The molecule has 1 aromatic carbocycles. The Labute approximate surface area is 114 Å². The van der Waals surface area contributed by atoms with Crippen molar-refractivity contribution in [3.05, 3.63) is 34.9 Å². The molecule has 1 fully saturated rings. The molecule has 0 bridgehead atoms. The van der Waals surface area contributed by atoms with Crippen LogP contribution in [0, 0.1) is 17.2 Å². The van der Waals surface area contributed by atoms with Gasteiger partial charge in [-0.1, -0.05) is 29.8 Å². The first kappa shape index (κ1) is 13.4. The van der Waals surface area contributed by atoms with Gasteiger partial charge in [0, 0.05) is 29.6 Å². The molecule has 0 saturated carbocycles. The molecule has 1 aliphatic heterocycles. The first-order valence-electron chi connectivity index (χ1n) is 6.32.